The van der Waals surface area contributed by atoms with Crippen molar-refractivity contribution < 1.29 is 4.79 Å². The monoisotopic (exact) mass is 156 g/mol. The van der Waals surface area contributed by atoms with Crippen LogP contribution >= 0.6 is 11.3 Å². The van der Waals surface area contributed by atoms with E-state index in [4.69, 9.17) is 5.73 Å². The summed E-state index contributed by atoms with van der Waals surface area (Å²) in [6, 6.07) is -0.375. The van der Waals surface area contributed by atoms with E-state index in [1.165, 1.54) is 11.3 Å². The van der Waals surface area contributed by atoms with Crippen molar-refractivity contribution in [2.45, 2.75) is 12.5 Å². The summed E-state index contributed by atoms with van der Waals surface area (Å²) in [6.07, 6.45) is 3.09. The maximum absolute atomic E-state index is 10.1. The maximum Gasteiger partial charge on any atom is 0.137 e. The van der Waals surface area contributed by atoms with Gasteiger partial charge in [0.2, 0.25) is 0 Å². The molecule has 0 spiro atoms. The number of hydrogen-bond acceptors (Lipinski definition) is 4. The first-order valence-corrected chi connectivity index (χ1v) is 3.79. The molecule has 0 aromatic carbocycles. The molecule has 0 saturated carbocycles. The van der Waals surface area contributed by atoms with E-state index >= 15 is 0 Å². The molecule has 2 N–H and O–H groups in total. The van der Waals surface area contributed by atoms with Crippen molar-refractivity contribution in [3.05, 3.63) is 16.6 Å². The van der Waals surface area contributed by atoms with E-state index in [0.717, 1.165) is 11.2 Å². The molecule has 1 atom stereocenters. The molecule has 0 aliphatic carbocycles. The van der Waals surface area contributed by atoms with Gasteiger partial charge >= 0.3 is 0 Å². The quantitative estimate of drug-likeness (QED) is 0.636. The van der Waals surface area contributed by atoms with E-state index in [2.05, 4.69) is 4.98 Å². The van der Waals surface area contributed by atoms with Gasteiger partial charge in [-0.25, -0.2) is 0 Å². The number of carbonyl (C=O) groups excluding carboxylic acids is 1. The molecule has 4 heteroatoms. The molecular weight excluding hydrogens is 148 g/mol. The van der Waals surface area contributed by atoms with Crippen LogP contribution in [0, 0.1) is 0 Å². The lowest BCUT2D eigenvalue weighted by Gasteiger charge is -1.97. The zero-order valence-corrected chi connectivity index (χ0v) is 6.17. The normalized spacial score (nSPS) is 12.9. The van der Waals surface area contributed by atoms with Crippen LogP contribution in [0.15, 0.2) is 11.7 Å². The van der Waals surface area contributed by atoms with E-state index in [1.807, 2.05) is 0 Å². The second-order valence-electron chi connectivity index (χ2n) is 1.97. The number of thiazole rings is 1. The van der Waals surface area contributed by atoms with Gasteiger partial charge < -0.3 is 10.5 Å². The number of nitrogens with zero attached hydrogens (tertiary/aromatic N) is 1. The van der Waals surface area contributed by atoms with E-state index < -0.39 is 0 Å². The van der Waals surface area contributed by atoms with Crippen molar-refractivity contribution in [2.75, 3.05) is 0 Å². The van der Waals surface area contributed by atoms with Crippen LogP contribution in [0.25, 0.3) is 0 Å². The van der Waals surface area contributed by atoms with Gasteiger partial charge in [0, 0.05) is 17.5 Å². The molecule has 1 aromatic heterocycles. The Hall–Kier alpha value is -0.740. The van der Waals surface area contributed by atoms with Crippen molar-refractivity contribution in [3.8, 4) is 0 Å². The van der Waals surface area contributed by atoms with Crippen molar-refractivity contribution in [1.82, 2.24) is 4.98 Å². The first kappa shape index (κ1) is 7.37. The summed E-state index contributed by atoms with van der Waals surface area (Å²) in [5.74, 6) is 0. The standard InChI is InChI=1S/C6H8N2OS/c7-5(3-9)1-6-2-8-4-10-6/h2-5H,1,7H2/t5-/m1/s1. The molecule has 3 nitrogen and oxygen atoms in total. The SMILES string of the molecule is N[C@@H](C=O)Cc1cncs1. The van der Waals surface area contributed by atoms with Gasteiger partial charge in [-0.15, -0.1) is 11.3 Å². The Morgan fingerprint density at radius 3 is 3.20 bits per heavy atom. The fourth-order valence-corrected chi connectivity index (χ4v) is 1.29. The number of rotatable bonds is 3. The first-order chi connectivity index (χ1) is 4.83. The fourth-order valence-electron chi connectivity index (χ4n) is 0.623. The fraction of sp³-hybridized carbons (Fsp3) is 0.333. The molecule has 0 saturated heterocycles. The molecule has 0 aliphatic heterocycles. The minimum absolute atomic E-state index is 0.375. The van der Waals surface area contributed by atoms with E-state index in [9.17, 15) is 4.79 Å². The van der Waals surface area contributed by atoms with E-state index in [1.54, 1.807) is 11.7 Å². The highest BCUT2D eigenvalue weighted by Gasteiger charge is 2.01. The van der Waals surface area contributed by atoms with Crippen molar-refractivity contribution >= 4 is 17.6 Å². The Morgan fingerprint density at radius 1 is 1.90 bits per heavy atom. The third-order valence-electron chi connectivity index (χ3n) is 1.10. The van der Waals surface area contributed by atoms with Gasteiger partial charge in [0.15, 0.2) is 0 Å². The highest BCUT2D eigenvalue weighted by atomic mass is 32.1. The van der Waals surface area contributed by atoms with Gasteiger partial charge in [-0.3, -0.25) is 4.98 Å². The number of nitrogens with two attached hydrogens (primary N) is 1. The van der Waals surface area contributed by atoms with Crippen LogP contribution in [0.1, 0.15) is 4.88 Å². The predicted molar refractivity (Wildman–Crippen MR) is 39.9 cm³/mol. The van der Waals surface area contributed by atoms with Gasteiger partial charge in [-0.1, -0.05) is 0 Å². The van der Waals surface area contributed by atoms with Crippen LogP contribution in [0.4, 0.5) is 0 Å². The minimum Gasteiger partial charge on any atom is -0.321 e. The van der Waals surface area contributed by atoms with Crippen LogP contribution in [0.5, 0.6) is 0 Å². The van der Waals surface area contributed by atoms with Crippen molar-refractivity contribution in [2.24, 2.45) is 5.73 Å². The Balaban J connectivity index is 2.47. The van der Waals surface area contributed by atoms with E-state index in [-0.39, 0.29) is 6.04 Å². The predicted octanol–water partition coefficient (Wildman–Crippen LogP) is 0.212. The van der Waals surface area contributed by atoms with E-state index in [0.29, 0.717) is 6.42 Å². The highest BCUT2D eigenvalue weighted by Crippen LogP contribution is 2.06. The summed E-state index contributed by atoms with van der Waals surface area (Å²) in [4.78, 5) is 15.0. The summed E-state index contributed by atoms with van der Waals surface area (Å²) < 4.78 is 0. The zero-order chi connectivity index (χ0) is 7.40. The van der Waals surface area contributed by atoms with Crippen LogP contribution < -0.4 is 5.73 Å². The second kappa shape index (κ2) is 3.43. The molecule has 10 heavy (non-hydrogen) atoms. The lowest BCUT2D eigenvalue weighted by molar-refractivity contribution is -0.108. The first-order valence-electron chi connectivity index (χ1n) is 2.91. The summed E-state index contributed by atoms with van der Waals surface area (Å²) >= 11 is 1.52. The Bertz CT molecular complexity index is 198. The number of aromatic nitrogens is 1. The molecule has 0 amide bonds. The molecule has 0 unspecified atom stereocenters. The van der Waals surface area contributed by atoms with Crippen LogP contribution in [-0.2, 0) is 11.2 Å². The third-order valence-corrected chi connectivity index (χ3v) is 1.90. The Kier molecular flexibility index (Phi) is 2.53. The van der Waals surface area contributed by atoms with Gasteiger partial charge in [0.1, 0.15) is 6.29 Å². The molecule has 0 bridgehead atoms. The average molecular weight is 156 g/mol. The molecule has 0 fully saturated rings. The van der Waals surface area contributed by atoms with Crippen LogP contribution in [0.3, 0.4) is 0 Å². The molecule has 0 radical (unpaired) electrons. The third kappa shape index (κ3) is 1.89. The Labute approximate surface area is 62.9 Å². The molecule has 54 valence electrons. The van der Waals surface area contributed by atoms with Gasteiger partial charge in [0.05, 0.1) is 11.6 Å². The van der Waals surface area contributed by atoms with Crippen molar-refractivity contribution in [3.63, 3.8) is 0 Å². The Morgan fingerprint density at radius 2 is 2.70 bits per heavy atom. The lowest BCUT2D eigenvalue weighted by atomic mass is 10.2. The number of aldehydes is 1. The van der Waals surface area contributed by atoms with Crippen molar-refractivity contribution in [1.29, 1.82) is 0 Å². The zero-order valence-electron chi connectivity index (χ0n) is 5.36. The molecular formula is C6H8N2OS. The maximum atomic E-state index is 10.1. The summed E-state index contributed by atoms with van der Waals surface area (Å²) in [5, 5.41) is 0. The lowest BCUT2D eigenvalue weighted by Crippen LogP contribution is -2.23. The number of carbonyl (C=O) groups is 1. The van der Waals surface area contributed by atoms with Gasteiger partial charge in [0.25, 0.3) is 0 Å². The smallest absolute Gasteiger partial charge is 0.137 e. The van der Waals surface area contributed by atoms with Crippen LogP contribution in [-0.4, -0.2) is 17.3 Å². The number of hydrogen-bond donors (Lipinski definition) is 1. The van der Waals surface area contributed by atoms with Gasteiger partial charge in [-0.2, -0.15) is 0 Å². The van der Waals surface area contributed by atoms with Gasteiger partial charge in [-0.05, 0) is 0 Å². The van der Waals surface area contributed by atoms with Crippen LogP contribution in [0.2, 0.25) is 0 Å². The summed E-state index contributed by atoms with van der Waals surface area (Å²) in [5.41, 5.74) is 7.10. The summed E-state index contributed by atoms with van der Waals surface area (Å²) in [7, 11) is 0. The topological polar surface area (TPSA) is 56.0 Å². The summed E-state index contributed by atoms with van der Waals surface area (Å²) in [6.45, 7) is 0. The molecule has 1 rings (SSSR count). The second-order valence-corrected chi connectivity index (χ2v) is 2.94. The molecule has 1 heterocycles. The highest BCUT2D eigenvalue weighted by molar-refractivity contribution is 7.09. The average Bonchev–Trinajstić information content (AvgIpc) is 2.40. The molecule has 1 aromatic rings. The largest absolute Gasteiger partial charge is 0.321 e. The molecule has 0 aliphatic rings. The minimum atomic E-state index is -0.375.